The van der Waals surface area contributed by atoms with E-state index in [9.17, 15) is 4.79 Å². The Balaban J connectivity index is 2.56. The van der Waals surface area contributed by atoms with Gasteiger partial charge in [-0.15, -0.1) is 0 Å². The van der Waals surface area contributed by atoms with Crippen LogP contribution in [0.3, 0.4) is 0 Å². The summed E-state index contributed by atoms with van der Waals surface area (Å²) in [6.45, 7) is 3.90. The van der Waals surface area contributed by atoms with Crippen molar-refractivity contribution < 1.29 is 9.53 Å². The number of hydrogen-bond donors (Lipinski definition) is 0. The van der Waals surface area contributed by atoms with E-state index in [-0.39, 0.29) is 5.78 Å². The zero-order valence-electron chi connectivity index (χ0n) is 11.2. The molecule has 19 heavy (non-hydrogen) atoms. The summed E-state index contributed by atoms with van der Waals surface area (Å²) in [6, 6.07) is 11.3. The molecule has 2 aromatic carbocycles. The molecule has 2 aromatic rings. The molecule has 3 heteroatoms. The maximum Gasteiger partial charge on any atom is 0.197 e. The number of carbonyl (C=O) groups excluding carboxylic acids is 1. The first kappa shape index (κ1) is 13.8. The lowest BCUT2D eigenvalue weighted by atomic mass is 9.98. The van der Waals surface area contributed by atoms with E-state index in [1.165, 1.54) is 0 Å². The Morgan fingerprint density at radius 2 is 1.74 bits per heavy atom. The summed E-state index contributed by atoms with van der Waals surface area (Å²) in [4.78, 5) is 12.6. The topological polar surface area (TPSA) is 26.3 Å². The molecule has 0 unspecified atom stereocenters. The van der Waals surface area contributed by atoms with Crippen LogP contribution in [0.4, 0.5) is 0 Å². The van der Waals surface area contributed by atoms with Gasteiger partial charge in [-0.25, -0.2) is 0 Å². The molecule has 2 nitrogen and oxygen atoms in total. The molecule has 0 amide bonds. The summed E-state index contributed by atoms with van der Waals surface area (Å²) >= 11 is 3.46. The van der Waals surface area contributed by atoms with E-state index in [1.807, 2.05) is 50.2 Å². The molecule has 0 aromatic heterocycles. The summed E-state index contributed by atoms with van der Waals surface area (Å²) < 4.78 is 6.23. The van der Waals surface area contributed by atoms with Gasteiger partial charge < -0.3 is 4.74 Å². The number of aryl methyl sites for hydroxylation is 2. The van der Waals surface area contributed by atoms with Gasteiger partial charge in [-0.2, -0.15) is 0 Å². The summed E-state index contributed by atoms with van der Waals surface area (Å²) in [6.07, 6.45) is 0. The molecular weight excluding hydrogens is 304 g/mol. The minimum Gasteiger partial charge on any atom is -0.496 e. The van der Waals surface area contributed by atoms with Gasteiger partial charge in [-0.1, -0.05) is 40.2 Å². The Morgan fingerprint density at radius 3 is 2.37 bits per heavy atom. The van der Waals surface area contributed by atoms with Gasteiger partial charge in [-0.05, 0) is 37.1 Å². The molecule has 0 radical (unpaired) electrons. The number of ether oxygens (including phenoxy) is 1. The van der Waals surface area contributed by atoms with E-state index in [0.29, 0.717) is 16.9 Å². The van der Waals surface area contributed by atoms with Crippen molar-refractivity contribution in [2.75, 3.05) is 7.11 Å². The van der Waals surface area contributed by atoms with Crippen molar-refractivity contribution in [2.45, 2.75) is 13.8 Å². The number of benzene rings is 2. The fourth-order valence-electron chi connectivity index (χ4n) is 1.97. The normalized spacial score (nSPS) is 10.3. The number of ketones is 1. The maximum absolute atomic E-state index is 12.6. The molecule has 0 heterocycles. The SMILES string of the molecule is COc1cc(C)c(Br)cc1C(=O)c1ccccc1C. The fourth-order valence-corrected chi connectivity index (χ4v) is 2.32. The zero-order chi connectivity index (χ0) is 14.0. The zero-order valence-corrected chi connectivity index (χ0v) is 12.7. The Kier molecular flexibility index (Phi) is 4.05. The second-order valence-electron chi connectivity index (χ2n) is 4.45. The van der Waals surface area contributed by atoms with E-state index < -0.39 is 0 Å². The van der Waals surface area contributed by atoms with Crippen molar-refractivity contribution >= 4 is 21.7 Å². The fraction of sp³-hybridized carbons (Fsp3) is 0.188. The van der Waals surface area contributed by atoms with Gasteiger partial charge in [0.1, 0.15) is 5.75 Å². The Bertz CT molecular complexity index is 633. The van der Waals surface area contributed by atoms with E-state index in [2.05, 4.69) is 15.9 Å². The molecule has 0 saturated carbocycles. The largest absolute Gasteiger partial charge is 0.496 e. The summed E-state index contributed by atoms with van der Waals surface area (Å²) in [5.74, 6) is 0.588. The average Bonchev–Trinajstić information content (AvgIpc) is 2.41. The van der Waals surface area contributed by atoms with E-state index in [0.717, 1.165) is 15.6 Å². The molecular formula is C16H15BrO2. The van der Waals surface area contributed by atoms with Crippen LogP contribution in [0.15, 0.2) is 40.9 Å². The molecule has 0 aliphatic rings. The third kappa shape index (κ3) is 2.71. The molecule has 0 aliphatic heterocycles. The highest BCUT2D eigenvalue weighted by Gasteiger charge is 2.17. The van der Waals surface area contributed by atoms with Crippen molar-refractivity contribution in [2.24, 2.45) is 0 Å². The van der Waals surface area contributed by atoms with Gasteiger partial charge in [-0.3, -0.25) is 4.79 Å². The number of rotatable bonds is 3. The minimum atomic E-state index is -0.0179. The van der Waals surface area contributed by atoms with Crippen molar-refractivity contribution in [3.8, 4) is 5.75 Å². The van der Waals surface area contributed by atoms with Gasteiger partial charge in [0.2, 0.25) is 0 Å². The Hall–Kier alpha value is -1.61. The van der Waals surface area contributed by atoms with Crippen LogP contribution >= 0.6 is 15.9 Å². The van der Waals surface area contributed by atoms with Gasteiger partial charge in [0.15, 0.2) is 5.78 Å². The standard InChI is InChI=1S/C16H15BrO2/c1-10-6-4-5-7-12(10)16(18)13-9-14(17)11(2)8-15(13)19-3/h4-9H,1-3H3. The predicted molar refractivity (Wildman–Crippen MR) is 80.0 cm³/mol. The van der Waals surface area contributed by atoms with Crippen molar-refractivity contribution in [3.05, 3.63) is 63.1 Å². The number of hydrogen-bond acceptors (Lipinski definition) is 2. The number of halogens is 1. The first-order chi connectivity index (χ1) is 9.04. The molecule has 2 rings (SSSR count). The lowest BCUT2D eigenvalue weighted by Gasteiger charge is -2.11. The van der Waals surface area contributed by atoms with E-state index >= 15 is 0 Å². The van der Waals surface area contributed by atoms with Crippen LogP contribution in [0.2, 0.25) is 0 Å². The maximum atomic E-state index is 12.6. The van der Waals surface area contributed by atoms with E-state index in [4.69, 9.17) is 4.74 Å². The Labute approximate surface area is 121 Å². The van der Waals surface area contributed by atoms with Crippen molar-refractivity contribution in [1.29, 1.82) is 0 Å². The van der Waals surface area contributed by atoms with Crippen molar-refractivity contribution in [3.63, 3.8) is 0 Å². The molecule has 0 spiro atoms. The monoisotopic (exact) mass is 318 g/mol. The average molecular weight is 319 g/mol. The number of methoxy groups -OCH3 is 1. The predicted octanol–water partition coefficient (Wildman–Crippen LogP) is 4.31. The van der Waals surface area contributed by atoms with Crippen molar-refractivity contribution in [1.82, 2.24) is 0 Å². The molecule has 0 N–H and O–H groups in total. The smallest absolute Gasteiger partial charge is 0.197 e. The lowest BCUT2D eigenvalue weighted by molar-refractivity contribution is 0.103. The number of carbonyl (C=O) groups is 1. The van der Waals surface area contributed by atoms with Crippen LogP contribution in [0, 0.1) is 13.8 Å². The van der Waals surface area contributed by atoms with Crippen LogP contribution in [0.1, 0.15) is 27.0 Å². The van der Waals surface area contributed by atoms with Crippen LogP contribution in [0.5, 0.6) is 5.75 Å². The first-order valence-corrected chi connectivity index (χ1v) is 6.78. The van der Waals surface area contributed by atoms with Gasteiger partial charge in [0.25, 0.3) is 0 Å². The minimum absolute atomic E-state index is 0.0179. The summed E-state index contributed by atoms with van der Waals surface area (Å²) in [5, 5.41) is 0. The molecule has 0 bridgehead atoms. The highest BCUT2D eigenvalue weighted by molar-refractivity contribution is 9.10. The molecule has 0 fully saturated rings. The second kappa shape index (κ2) is 5.57. The molecule has 0 aliphatic carbocycles. The summed E-state index contributed by atoms with van der Waals surface area (Å²) in [7, 11) is 1.58. The van der Waals surface area contributed by atoms with Crippen LogP contribution in [0.25, 0.3) is 0 Å². The molecule has 98 valence electrons. The highest BCUT2D eigenvalue weighted by atomic mass is 79.9. The quantitative estimate of drug-likeness (QED) is 0.788. The third-order valence-corrected chi connectivity index (χ3v) is 3.97. The second-order valence-corrected chi connectivity index (χ2v) is 5.30. The summed E-state index contributed by atoms with van der Waals surface area (Å²) in [5.41, 5.74) is 3.29. The molecule has 0 atom stereocenters. The third-order valence-electron chi connectivity index (χ3n) is 3.12. The molecule has 0 saturated heterocycles. The first-order valence-electron chi connectivity index (χ1n) is 5.99. The van der Waals surface area contributed by atoms with Gasteiger partial charge >= 0.3 is 0 Å². The van der Waals surface area contributed by atoms with Gasteiger partial charge in [0.05, 0.1) is 12.7 Å². The highest BCUT2D eigenvalue weighted by Crippen LogP contribution is 2.29. The van der Waals surface area contributed by atoms with Crippen LogP contribution in [-0.4, -0.2) is 12.9 Å². The van der Waals surface area contributed by atoms with Crippen LogP contribution < -0.4 is 4.74 Å². The Morgan fingerprint density at radius 1 is 1.05 bits per heavy atom. The van der Waals surface area contributed by atoms with E-state index in [1.54, 1.807) is 7.11 Å². The van der Waals surface area contributed by atoms with Crippen LogP contribution in [-0.2, 0) is 0 Å². The lowest BCUT2D eigenvalue weighted by Crippen LogP contribution is -2.06. The van der Waals surface area contributed by atoms with Gasteiger partial charge in [0, 0.05) is 10.0 Å².